The van der Waals surface area contributed by atoms with Crippen molar-refractivity contribution in [3.8, 4) is 17.1 Å². The summed E-state index contributed by atoms with van der Waals surface area (Å²) < 4.78 is 41.0. The van der Waals surface area contributed by atoms with Gasteiger partial charge in [-0.1, -0.05) is 6.92 Å². The Kier molecular flexibility index (Phi) is 5.51. The molecule has 1 N–H and O–H groups in total. The molecule has 0 amide bonds. The summed E-state index contributed by atoms with van der Waals surface area (Å²) in [4.78, 5) is 8.52. The monoisotopic (exact) mass is 455 g/mol. The van der Waals surface area contributed by atoms with E-state index in [2.05, 4.69) is 25.5 Å². The van der Waals surface area contributed by atoms with Crippen LogP contribution in [0.25, 0.3) is 17.1 Å². The van der Waals surface area contributed by atoms with Gasteiger partial charge in [0, 0.05) is 22.9 Å². The third kappa shape index (κ3) is 4.11. The molecule has 1 aromatic carbocycles. The maximum absolute atomic E-state index is 13.4. The van der Waals surface area contributed by atoms with Gasteiger partial charge in [0.1, 0.15) is 18.0 Å². The highest BCUT2D eigenvalue weighted by Gasteiger charge is 2.24. The van der Waals surface area contributed by atoms with E-state index in [4.69, 9.17) is 0 Å². The Morgan fingerprint density at radius 1 is 1.06 bits per heavy atom. The Bertz CT molecular complexity index is 1390. The van der Waals surface area contributed by atoms with E-state index in [1.807, 2.05) is 26.8 Å². The highest BCUT2D eigenvalue weighted by atomic mass is 32.2. The largest absolute Gasteiger partial charge is 0.323 e. The molecule has 3 heterocycles. The van der Waals surface area contributed by atoms with Crippen molar-refractivity contribution in [3.05, 3.63) is 65.5 Å². The lowest BCUT2D eigenvalue weighted by Crippen LogP contribution is -2.13. The molecule has 166 valence electrons. The van der Waals surface area contributed by atoms with Gasteiger partial charge in [-0.05, 0) is 50.6 Å². The Balaban J connectivity index is 1.81. The molecule has 0 saturated heterocycles. The number of aromatic nitrogens is 6. The predicted molar refractivity (Wildman–Crippen MR) is 119 cm³/mol. The van der Waals surface area contributed by atoms with Gasteiger partial charge in [-0.2, -0.15) is 9.19 Å². The first-order valence-corrected chi connectivity index (χ1v) is 11.7. The van der Waals surface area contributed by atoms with Crippen molar-refractivity contribution in [1.82, 2.24) is 28.9 Å². The molecule has 0 aliphatic heterocycles. The SMILES string of the molecule is CCc1c(Nc2cc(-n3nc(C)cc3C)ncn2)nn(S(C)(=O)=O)c1-c1ccc(F)cc1. The van der Waals surface area contributed by atoms with Crippen molar-refractivity contribution in [2.24, 2.45) is 0 Å². The summed E-state index contributed by atoms with van der Waals surface area (Å²) >= 11 is 0. The summed E-state index contributed by atoms with van der Waals surface area (Å²) in [5.74, 6) is 0.928. The number of aryl methyl sites for hydroxylation is 2. The minimum Gasteiger partial charge on any atom is -0.323 e. The smallest absolute Gasteiger partial charge is 0.251 e. The van der Waals surface area contributed by atoms with Gasteiger partial charge in [0.05, 0.1) is 17.6 Å². The first kappa shape index (κ1) is 21.6. The van der Waals surface area contributed by atoms with Gasteiger partial charge in [0.2, 0.25) is 0 Å². The summed E-state index contributed by atoms with van der Waals surface area (Å²) in [7, 11) is -3.72. The third-order valence-electron chi connectivity index (χ3n) is 4.86. The van der Waals surface area contributed by atoms with Crippen LogP contribution in [-0.2, 0) is 16.4 Å². The average molecular weight is 456 g/mol. The van der Waals surface area contributed by atoms with E-state index in [0.29, 0.717) is 40.7 Å². The second-order valence-electron chi connectivity index (χ2n) is 7.37. The molecule has 0 aliphatic carbocycles. The van der Waals surface area contributed by atoms with Crippen molar-refractivity contribution in [3.63, 3.8) is 0 Å². The number of hydrogen-bond donors (Lipinski definition) is 1. The Morgan fingerprint density at radius 2 is 1.78 bits per heavy atom. The van der Waals surface area contributed by atoms with Gasteiger partial charge >= 0.3 is 0 Å². The molecule has 9 nitrogen and oxygen atoms in total. The molecule has 0 aliphatic rings. The van der Waals surface area contributed by atoms with E-state index in [1.54, 1.807) is 10.7 Å². The number of nitrogens with zero attached hydrogens (tertiary/aromatic N) is 6. The van der Waals surface area contributed by atoms with Crippen LogP contribution in [0.5, 0.6) is 0 Å². The van der Waals surface area contributed by atoms with Crippen LogP contribution in [0.15, 0.2) is 42.7 Å². The van der Waals surface area contributed by atoms with E-state index in [-0.39, 0.29) is 0 Å². The molecular formula is C21H22FN7O2S. The van der Waals surface area contributed by atoms with Gasteiger partial charge in [0.15, 0.2) is 11.6 Å². The molecular weight excluding hydrogens is 433 g/mol. The average Bonchev–Trinajstić information content (AvgIpc) is 3.28. The topological polar surface area (TPSA) is 108 Å². The number of anilines is 2. The first-order chi connectivity index (χ1) is 15.2. The van der Waals surface area contributed by atoms with Gasteiger partial charge in [0.25, 0.3) is 10.0 Å². The zero-order valence-electron chi connectivity index (χ0n) is 18.0. The summed E-state index contributed by atoms with van der Waals surface area (Å²) in [6.07, 6.45) is 2.95. The van der Waals surface area contributed by atoms with Gasteiger partial charge in [-0.15, -0.1) is 5.10 Å². The fourth-order valence-corrected chi connectivity index (χ4v) is 4.29. The zero-order valence-corrected chi connectivity index (χ0v) is 18.9. The maximum Gasteiger partial charge on any atom is 0.251 e. The maximum atomic E-state index is 13.4. The van der Waals surface area contributed by atoms with Crippen LogP contribution in [-0.4, -0.2) is 43.6 Å². The minimum atomic E-state index is -3.72. The van der Waals surface area contributed by atoms with Crippen molar-refractivity contribution in [1.29, 1.82) is 0 Å². The fraction of sp³-hybridized carbons (Fsp3) is 0.238. The van der Waals surface area contributed by atoms with E-state index in [1.165, 1.54) is 30.6 Å². The van der Waals surface area contributed by atoms with Crippen molar-refractivity contribution < 1.29 is 12.8 Å². The summed E-state index contributed by atoms with van der Waals surface area (Å²) in [6.45, 7) is 5.71. The second kappa shape index (κ2) is 8.15. The molecule has 32 heavy (non-hydrogen) atoms. The van der Waals surface area contributed by atoms with Crippen LogP contribution >= 0.6 is 0 Å². The van der Waals surface area contributed by atoms with E-state index < -0.39 is 15.8 Å². The van der Waals surface area contributed by atoms with E-state index >= 15 is 0 Å². The molecule has 3 aromatic heterocycles. The lowest BCUT2D eigenvalue weighted by atomic mass is 10.1. The molecule has 0 unspecified atom stereocenters. The standard InChI is InChI=1S/C21H22FN7O2S/c1-5-17-20(15-6-8-16(22)9-7-15)29(32(4,30)31)27-21(17)25-18-11-19(24-12-23-18)28-14(3)10-13(2)26-28/h6-12H,5H2,1-4H3,(H,23,24,25,27). The van der Waals surface area contributed by atoms with Crippen molar-refractivity contribution in [2.45, 2.75) is 27.2 Å². The Morgan fingerprint density at radius 3 is 2.38 bits per heavy atom. The number of hydrogen-bond acceptors (Lipinski definition) is 7. The number of halogens is 1. The molecule has 4 aromatic rings. The quantitative estimate of drug-likeness (QED) is 0.475. The molecule has 0 spiro atoms. The normalized spacial score (nSPS) is 11.7. The van der Waals surface area contributed by atoms with Crippen LogP contribution < -0.4 is 5.32 Å². The molecule has 11 heteroatoms. The first-order valence-electron chi connectivity index (χ1n) is 9.88. The van der Waals surface area contributed by atoms with Crippen molar-refractivity contribution in [2.75, 3.05) is 11.6 Å². The molecule has 0 radical (unpaired) electrons. The van der Waals surface area contributed by atoms with Gasteiger partial charge in [-0.25, -0.2) is 27.5 Å². The van der Waals surface area contributed by atoms with Crippen molar-refractivity contribution >= 4 is 21.7 Å². The minimum absolute atomic E-state index is 0.343. The van der Waals surface area contributed by atoms with Crippen LogP contribution in [0, 0.1) is 19.7 Å². The third-order valence-corrected chi connectivity index (χ3v) is 5.76. The molecule has 0 bridgehead atoms. The number of rotatable bonds is 6. The molecule has 4 rings (SSSR count). The Hall–Kier alpha value is -3.60. The Labute approximate surface area is 185 Å². The molecule has 0 fully saturated rings. The summed E-state index contributed by atoms with van der Waals surface area (Å²) in [5, 5.41) is 11.9. The second-order valence-corrected chi connectivity index (χ2v) is 9.18. The lowest BCUT2D eigenvalue weighted by Gasteiger charge is -2.08. The molecule has 0 atom stereocenters. The number of benzene rings is 1. The summed E-state index contributed by atoms with van der Waals surface area (Å²) in [5.41, 5.74) is 3.36. The lowest BCUT2D eigenvalue weighted by molar-refractivity contribution is 0.587. The van der Waals surface area contributed by atoms with Crippen LogP contribution in [0.4, 0.5) is 16.0 Å². The van der Waals surface area contributed by atoms with E-state index in [9.17, 15) is 12.8 Å². The van der Waals surface area contributed by atoms with Gasteiger partial charge < -0.3 is 5.32 Å². The molecule has 0 saturated carbocycles. The highest BCUT2D eigenvalue weighted by molar-refractivity contribution is 7.89. The number of nitrogens with one attached hydrogen (secondary N) is 1. The van der Waals surface area contributed by atoms with Crippen LogP contribution in [0.3, 0.4) is 0 Å². The summed E-state index contributed by atoms with van der Waals surface area (Å²) in [6, 6.07) is 9.27. The van der Waals surface area contributed by atoms with Crippen LogP contribution in [0.1, 0.15) is 23.9 Å². The highest BCUT2D eigenvalue weighted by Crippen LogP contribution is 2.32. The van der Waals surface area contributed by atoms with Crippen LogP contribution in [0.2, 0.25) is 0 Å². The van der Waals surface area contributed by atoms with E-state index in [0.717, 1.165) is 21.7 Å². The predicted octanol–water partition coefficient (Wildman–Crippen LogP) is 3.40. The van der Waals surface area contributed by atoms with Gasteiger partial charge in [-0.3, -0.25) is 0 Å². The fourth-order valence-electron chi connectivity index (χ4n) is 3.51. The zero-order chi connectivity index (χ0) is 23.0.